The van der Waals surface area contributed by atoms with E-state index in [9.17, 15) is 4.79 Å². The second-order valence-corrected chi connectivity index (χ2v) is 7.26. The maximum absolute atomic E-state index is 12.5. The molecule has 0 atom stereocenters. The van der Waals surface area contributed by atoms with E-state index in [0.717, 1.165) is 15.1 Å². The minimum Gasteiger partial charge on any atom is -0.305 e. The minimum atomic E-state index is -0.286. The first-order chi connectivity index (χ1) is 11.6. The number of halogens is 1. The van der Waals surface area contributed by atoms with Gasteiger partial charge < -0.3 is 4.57 Å². The third-order valence-corrected chi connectivity index (χ3v) is 5.45. The molecule has 0 fully saturated rings. The number of terminal acetylenes is 1. The monoisotopic (exact) mass is 372 g/mol. The van der Waals surface area contributed by atoms with Crippen LogP contribution in [0.15, 0.2) is 52.4 Å². The molecular weight excluding hydrogens is 360 g/mol. The smallest absolute Gasteiger partial charge is 0.279 e. The van der Waals surface area contributed by atoms with Gasteiger partial charge in [-0.3, -0.25) is 4.79 Å². The summed E-state index contributed by atoms with van der Waals surface area (Å²) in [5.41, 5.74) is 1.47. The van der Waals surface area contributed by atoms with Gasteiger partial charge in [0.1, 0.15) is 0 Å². The van der Waals surface area contributed by atoms with E-state index >= 15 is 0 Å². The molecule has 1 heterocycles. The quantitative estimate of drug-likeness (QED) is 0.502. The summed E-state index contributed by atoms with van der Waals surface area (Å²) in [6.45, 7) is 0.346. The standard InChI is InChI=1S/C18H13ClN2OS2/c1-3-10-21-15-9-6-13(19)11-16(15)24-18(21)20-17(22)12-4-7-14(23-2)8-5-12/h1,4-9,11H,10H2,2H3. The number of rotatable bonds is 3. The average molecular weight is 373 g/mol. The molecule has 0 aliphatic rings. The number of benzene rings is 2. The number of aromatic nitrogens is 1. The molecule has 0 N–H and O–H groups in total. The fourth-order valence-electron chi connectivity index (χ4n) is 2.26. The highest BCUT2D eigenvalue weighted by molar-refractivity contribution is 7.98. The first kappa shape index (κ1) is 16.8. The number of nitrogens with zero attached hydrogens (tertiary/aromatic N) is 2. The number of fused-ring (bicyclic) bond motifs is 1. The topological polar surface area (TPSA) is 34.4 Å². The number of carbonyl (C=O) groups is 1. The first-order valence-electron chi connectivity index (χ1n) is 7.08. The lowest BCUT2D eigenvalue weighted by Crippen LogP contribution is -2.16. The van der Waals surface area contributed by atoms with Crippen LogP contribution in [0.1, 0.15) is 10.4 Å². The van der Waals surface area contributed by atoms with Crippen molar-refractivity contribution in [2.75, 3.05) is 6.26 Å². The van der Waals surface area contributed by atoms with Crippen LogP contribution in [0.2, 0.25) is 5.02 Å². The molecule has 3 aromatic rings. The van der Waals surface area contributed by atoms with Crippen LogP contribution in [0.4, 0.5) is 0 Å². The summed E-state index contributed by atoms with van der Waals surface area (Å²) < 4.78 is 2.80. The molecule has 2 aromatic carbocycles. The lowest BCUT2D eigenvalue weighted by atomic mass is 10.2. The van der Waals surface area contributed by atoms with Gasteiger partial charge in [-0.05, 0) is 48.7 Å². The molecular formula is C18H13ClN2OS2. The van der Waals surface area contributed by atoms with E-state index in [1.165, 1.54) is 11.3 Å². The van der Waals surface area contributed by atoms with Crippen molar-refractivity contribution < 1.29 is 4.79 Å². The van der Waals surface area contributed by atoms with Gasteiger partial charge in [0.2, 0.25) is 0 Å². The van der Waals surface area contributed by atoms with Crippen molar-refractivity contribution >= 4 is 50.8 Å². The molecule has 0 saturated carbocycles. The van der Waals surface area contributed by atoms with Crippen molar-refractivity contribution in [1.29, 1.82) is 0 Å². The van der Waals surface area contributed by atoms with Crippen LogP contribution >= 0.6 is 34.7 Å². The van der Waals surface area contributed by atoms with Crippen molar-refractivity contribution in [3.05, 3.63) is 57.9 Å². The first-order valence-corrected chi connectivity index (χ1v) is 9.50. The molecule has 0 unspecified atom stereocenters. The second kappa shape index (κ2) is 7.27. The van der Waals surface area contributed by atoms with Crippen LogP contribution in [0.25, 0.3) is 10.2 Å². The van der Waals surface area contributed by atoms with Crippen LogP contribution in [0.5, 0.6) is 0 Å². The van der Waals surface area contributed by atoms with Crippen LogP contribution in [-0.2, 0) is 6.54 Å². The Bertz CT molecular complexity index is 1010. The Kier molecular flexibility index (Phi) is 5.10. The number of carbonyl (C=O) groups excluding carboxylic acids is 1. The van der Waals surface area contributed by atoms with Crippen LogP contribution in [0, 0.1) is 12.3 Å². The Balaban J connectivity index is 2.09. The number of hydrogen-bond donors (Lipinski definition) is 0. The fraction of sp³-hybridized carbons (Fsp3) is 0.111. The van der Waals surface area contributed by atoms with Crippen LogP contribution in [0.3, 0.4) is 0 Å². The maximum Gasteiger partial charge on any atom is 0.279 e. The molecule has 1 amide bonds. The molecule has 0 bridgehead atoms. The molecule has 24 heavy (non-hydrogen) atoms. The molecule has 3 rings (SSSR count). The highest BCUT2D eigenvalue weighted by Crippen LogP contribution is 2.22. The van der Waals surface area contributed by atoms with Gasteiger partial charge in [-0.2, -0.15) is 4.99 Å². The Hall–Kier alpha value is -2.00. The zero-order valence-corrected chi connectivity index (χ0v) is 15.2. The van der Waals surface area contributed by atoms with Crippen LogP contribution in [-0.4, -0.2) is 16.7 Å². The van der Waals surface area contributed by atoms with E-state index in [1.54, 1.807) is 30.0 Å². The summed E-state index contributed by atoms with van der Waals surface area (Å²) in [5.74, 6) is 2.32. The lowest BCUT2D eigenvalue weighted by Gasteiger charge is -2.00. The predicted molar refractivity (Wildman–Crippen MR) is 102 cm³/mol. The summed E-state index contributed by atoms with van der Waals surface area (Å²) in [4.78, 5) is 18.4. The normalized spacial score (nSPS) is 11.6. The summed E-state index contributed by atoms with van der Waals surface area (Å²) in [5, 5.41) is 0.641. The zero-order chi connectivity index (χ0) is 17.1. The molecule has 1 aromatic heterocycles. The molecule has 0 aliphatic heterocycles. The predicted octanol–water partition coefficient (Wildman–Crippen LogP) is 4.45. The highest BCUT2D eigenvalue weighted by atomic mass is 35.5. The third kappa shape index (κ3) is 3.41. The Morgan fingerprint density at radius 3 is 2.75 bits per heavy atom. The van der Waals surface area contributed by atoms with E-state index in [4.69, 9.17) is 18.0 Å². The van der Waals surface area contributed by atoms with E-state index < -0.39 is 0 Å². The van der Waals surface area contributed by atoms with Crippen molar-refractivity contribution in [3.8, 4) is 12.3 Å². The summed E-state index contributed by atoms with van der Waals surface area (Å²) in [6, 6.07) is 12.9. The molecule has 120 valence electrons. The number of amides is 1. The number of thioether (sulfide) groups is 1. The van der Waals surface area contributed by atoms with Crippen LogP contribution < -0.4 is 4.80 Å². The van der Waals surface area contributed by atoms with E-state index in [-0.39, 0.29) is 5.91 Å². The molecule has 3 nitrogen and oxygen atoms in total. The second-order valence-electron chi connectivity index (χ2n) is 4.93. The lowest BCUT2D eigenvalue weighted by molar-refractivity contribution is 0.0998. The number of hydrogen-bond acceptors (Lipinski definition) is 3. The van der Waals surface area contributed by atoms with Gasteiger partial charge in [0.15, 0.2) is 4.80 Å². The largest absolute Gasteiger partial charge is 0.305 e. The Morgan fingerprint density at radius 2 is 2.08 bits per heavy atom. The van der Waals surface area contributed by atoms with Gasteiger partial charge >= 0.3 is 0 Å². The highest BCUT2D eigenvalue weighted by Gasteiger charge is 2.09. The van der Waals surface area contributed by atoms with E-state index in [0.29, 0.717) is 21.9 Å². The van der Waals surface area contributed by atoms with E-state index in [1.807, 2.05) is 35.1 Å². The third-order valence-electron chi connectivity index (χ3n) is 3.43. The summed E-state index contributed by atoms with van der Waals surface area (Å²) in [7, 11) is 0. The molecule has 0 saturated heterocycles. The van der Waals surface area contributed by atoms with Gasteiger partial charge in [-0.25, -0.2) is 0 Å². The van der Waals surface area contributed by atoms with Crippen molar-refractivity contribution in [1.82, 2.24) is 4.57 Å². The van der Waals surface area contributed by atoms with Gasteiger partial charge in [0.05, 0.1) is 16.8 Å². The van der Waals surface area contributed by atoms with Crippen molar-refractivity contribution in [2.45, 2.75) is 11.4 Å². The summed E-state index contributed by atoms with van der Waals surface area (Å²) >= 11 is 9.07. The van der Waals surface area contributed by atoms with Crippen molar-refractivity contribution in [3.63, 3.8) is 0 Å². The van der Waals surface area contributed by atoms with E-state index in [2.05, 4.69) is 10.9 Å². The Labute approximate surface area is 153 Å². The zero-order valence-electron chi connectivity index (χ0n) is 12.8. The molecule has 0 aliphatic carbocycles. The fourth-order valence-corrected chi connectivity index (χ4v) is 3.97. The molecule has 0 radical (unpaired) electrons. The van der Waals surface area contributed by atoms with Crippen molar-refractivity contribution in [2.24, 2.45) is 4.99 Å². The van der Waals surface area contributed by atoms with Gasteiger partial charge in [-0.1, -0.05) is 28.9 Å². The SMILES string of the molecule is C#CCn1c(=NC(=O)c2ccc(SC)cc2)sc2cc(Cl)ccc21. The summed E-state index contributed by atoms with van der Waals surface area (Å²) in [6.07, 6.45) is 7.45. The Morgan fingerprint density at radius 1 is 1.33 bits per heavy atom. The molecule has 6 heteroatoms. The molecule has 0 spiro atoms. The average Bonchev–Trinajstić information content (AvgIpc) is 2.91. The van der Waals surface area contributed by atoms with Gasteiger partial charge in [0.25, 0.3) is 5.91 Å². The minimum absolute atomic E-state index is 0.286. The maximum atomic E-state index is 12.5. The van der Waals surface area contributed by atoms with Gasteiger partial charge in [0, 0.05) is 15.5 Å². The number of thiazole rings is 1. The van der Waals surface area contributed by atoms with Gasteiger partial charge in [-0.15, -0.1) is 18.2 Å².